The molecule has 8 N–H and O–H groups in total. The van der Waals surface area contributed by atoms with Gasteiger partial charge in [0.2, 0.25) is 17.7 Å². The number of nitrogens with zero attached hydrogens (tertiary/aromatic N) is 1. The third-order valence-electron chi connectivity index (χ3n) is 4.47. The number of aliphatic carboxylic acids is 1. The Bertz CT molecular complexity index is 751. The first-order valence-corrected chi connectivity index (χ1v) is 9.97. The number of aliphatic hydroxyl groups excluding tert-OH is 1. The van der Waals surface area contributed by atoms with Gasteiger partial charge in [-0.25, -0.2) is 9.78 Å². The van der Waals surface area contributed by atoms with Gasteiger partial charge in [0.05, 0.1) is 18.5 Å². The summed E-state index contributed by atoms with van der Waals surface area (Å²) in [5.41, 5.74) is 6.46. The second-order valence-corrected chi connectivity index (χ2v) is 7.87. The molecule has 1 rings (SSSR count). The summed E-state index contributed by atoms with van der Waals surface area (Å²) in [6.07, 6.45) is 2.05. The molecule has 0 aliphatic heterocycles. The van der Waals surface area contributed by atoms with Gasteiger partial charge in [0.1, 0.15) is 18.1 Å². The summed E-state index contributed by atoms with van der Waals surface area (Å²) in [5, 5.41) is 26.3. The van der Waals surface area contributed by atoms with Crippen molar-refractivity contribution in [3.63, 3.8) is 0 Å². The van der Waals surface area contributed by atoms with Gasteiger partial charge in [0.25, 0.3) is 0 Å². The van der Waals surface area contributed by atoms with Gasteiger partial charge in [-0.15, -0.1) is 0 Å². The number of nitrogens with two attached hydrogens (primary N) is 1. The highest BCUT2D eigenvalue weighted by Crippen LogP contribution is 2.05. The number of aromatic nitrogens is 2. The van der Waals surface area contributed by atoms with Crippen LogP contribution in [0.15, 0.2) is 12.5 Å². The Morgan fingerprint density at radius 3 is 2.19 bits per heavy atom. The number of carboxylic acids is 1. The highest BCUT2D eigenvalue weighted by atomic mass is 16.4. The first-order chi connectivity index (χ1) is 14.4. The standard InChI is InChI=1S/C19H32N6O6/c1-9(2)5-14(19(30)31)24-16(27)10(3)23-18(29)15(11(4)26)25-17(28)13(20)6-12-7-21-8-22-12/h7-11,13-15,26H,5-6,20H2,1-4H3,(H,21,22)(H,23,29)(H,24,27)(H,25,28)(H,30,31). The van der Waals surface area contributed by atoms with E-state index in [2.05, 4.69) is 25.9 Å². The van der Waals surface area contributed by atoms with E-state index in [1.165, 1.54) is 26.4 Å². The van der Waals surface area contributed by atoms with Crippen molar-refractivity contribution in [1.82, 2.24) is 25.9 Å². The van der Waals surface area contributed by atoms with Gasteiger partial charge >= 0.3 is 5.97 Å². The monoisotopic (exact) mass is 440 g/mol. The summed E-state index contributed by atoms with van der Waals surface area (Å²) in [6.45, 7) is 6.31. The zero-order valence-electron chi connectivity index (χ0n) is 18.1. The van der Waals surface area contributed by atoms with Crippen molar-refractivity contribution in [3.8, 4) is 0 Å². The van der Waals surface area contributed by atoms with Crippen molar-refractivity contribution in [2.24, 2.45) is 11.7 Å². The fourth-order valence-corrected chi connectivity index (χ4v) is 2.75. The number of rotatable bonds is 12. The number of amides is 3. The molecule has 1 aromatic rings. The van der Waals surface area contributed by atoms with E-state index in [0.29, 0.717) is 5.69 Å². The van der Waals surface area contributed by atoms with Crippen LogP contribution in [0.3, 0.4) is 0 Å². The lowest BCUT2D eigenvalue weighted by Gasteiger charge is -2.25. The Hall–Kier alpha value is -2.99. The van der Waals surface area contributed by atoms with Crippen LogP contribution in [0, 0.1) is 5.92 Å². The number of aromatic amines is 1. The summed E-state index contributed by atoms with van der Waals surface area (Å²) in [4.78, 5) is 55.1. The van der Waals surface area contributed by atoms with Crippen LogP contribution in [0.25, 0.3) is 0 Å². The van der Waals surface area contributed by atoms with Gasteiger partial charge in [-0.1, -0.05) is 13.8 Å². The van der Waals surface area contributed by atoms with E-state index in [4.69, 9.17) is 5.73 Å². The van der Waals surface area contributed by atoms with Crippen molar-refractivity contribution in [3.05, 3.63) is 18.2 Å². The number of nitrogens with one attached hydrogen (secondary N) is 4. The molecule has 3 amide bonds. The van der Waals surface area contributed by atoms with Crippen molar-refractivity contribution in [2.45, 2.75) is 70.8 Å². The van der Waals surface area contributed by atoms with E-state index in [-0.39, 0.29) is 18.8 Å². The molecule has 0 radical (unpaired) electrons. The largest absolute Gasteiger partial charge is 0.480 e. The van der Waals surface area contributed by atoms with Crippen molar-refractivity contribution < 1.29 is 29.4 Å². The number of carbonyl (C=O) groups is 4. The summed E-state index contributed by atoms with van der Waals surface area (Å²) >= 11 is 0. The molecular weight excluding hydrogens is 408 g/mol. The molecule has 1 heterocycles. The lowest BCUT2D eigenvalue weighted by atomic mass is 10.0. The lowest BCUT2D eigenvalue weighted by molar-refractivity contribution is -0.142. The van der Waals surface area contributed by atoms with E-state index in [1.54, 1.807) is 0 Å². The number of H-pyrrole nitrogens is 1. The van der Waals surface area contributed by atoms with Gasteiger partial charge in [-0.2, -0.15) is 0 Å². The zero-order valence-corrected chi connectivity index (χ0v) is 18.1. The number of carboxylic acid groups (broad SMARTS) is 1. The molecule has 0 aliphatic carbocycles. The molecule has 0 aliphatic rings. The molecule has 0 bridgehead atoms. The van der Waals surface area contributed by atoms with Crippen LogP contribution in [0.5, 0.6) is 0 Å². The van der Waals surface area contributed by atoms with Crippen LogP contribution < -0.4 is 21.7 Å². The minimum atomic E-state index is -1.36. The Morgan fingerprint density at radius 2 is 1.71 bits per heavy atom. The lowest BCUT2D eigenvalue weighted by Crippen LogP contribution is -2.59. The number of carbonyl (C=O) groups excluding carboxylic acids is 3. The summed E-state index contributed by atoms with van der Waals surface area (Å²) < 4.78 is 0. The van der Waals surface area contributed by atoms with Crippen LogP contribution >= 0.6 is 0 Å². The quantitative estimate of drug-likeness (QED) is 0.199. The highest BCUT2D eigenvalue weighted by molar-refractivity contribution is 5.94. The second kappa shape index (κ2) is 12.0. The molecule has 12 nitrogen and oxygen atoms in total. The fourth-order valence-electron chi connectivity index (χ4n) is 2.75. The molecule has 31 heavy (non-hydrogen) atoms. The van der Waals surface area contributed by atoms with Crippen LogP contribution in [0.4, 0.5) is 0 Å². The molecule has 174 valence electrons. The molecule has 5 unspecified atom stereocenters. The minimum absolute atomic E-state index is 0.0343. The number of aliphatic hydroxyl groups is 1. The first kappa shape index (κ1) is 26.0. The maximum Gasteiger partial charge on any atom is 0.326 e. The predicted octanol–water partition coefficient (Wildman–Crippen LogP) is -1.73. The highest BCUT2D eigenvalue weighted by Gasteiger charge is 2.31. The van der Waals surface area contributed by atoms with Gasteiger partial charge in [-0.05, 0) is 26.2 Å². The second-order valence-electron chi connectivity index (χ2n) is 7.87. The third kappa shape index (κ3) is 8.72. The number of hydrogen-bond acceptors (Lipinski definition) is 7. The summed E-state index contributed by atoms with van der Waals surface area (Å²) in [7, 11) is 0. The average molecular weight is 441 g/mol. The van der Waals surface area contributed by atoms with Gasteiger partial charge < -0.3 is 36.9 Å². The van der Waals surface area contributed by atoms with Gasteiger partial charge in [0.15, 0.2) is 0 Å². The summed E-state index contributed by atoms with van der Waals surface area (Å²) in [6, 6.07) is -4.55. The Labute approximate surface area is 180 Å². The average Bonchev–Trinajstić information content (AvgIpc) is 3.17. The smallest absolute Gasteiger partial charge is 0.326 e. The minimum Gasteiger partial charge on any atom is -0.480 e. The molecule has 0 aromatic carbocycles. The van der Waals surface area contributed by atoms with Crippen LogP contribution in [-0.4, -0.2) is 74.1 Å². The van der Waals surface area contributed by atoms with E-state index in [0.717, 1.165) is 0 Å². The maximum absolute atomic E-state index is 12.5. The van der Waals surface area contributed by atoms with Crippen molar-refractivity contribution in [1.29, 1.82) is 0 Å². The molecule has 1 aromatic heterocycles. The summed E-state index contributed by atoms with van der Waals surface area (Å²) in [5.74, 6) is -3.33. The normalized spacial score (nSPS) is 16.0. The SMILES string of the molecule is CC(C)CC(NC(=O)C(C)NC(=O)C(NC(=O)C(N)Cc1cnc[nH]1)C(C)O)C(=O)O. The third-order valence-corrected chi connectivity index (χ3v) is 4.47. The fraction of sp³-hybridized carbons (Fsp3) is 0.632. The predicted molar refractivity (Wildman–Crippen MR) is 111 cm³/mol. The molecule has 0 spiro atoms. The molecule has 12 heteroatoms. The molecule has 0 saturated heterocycles. The topological polar surface area (TPSA) is 200 Å². The zero-order chi connectivity index (χ0) is 23.7. The van der Waals surface area contributed by atoms with Crippen molar-refractivity contribution >= 4 is 23.7 Å². The van der Waals surface area contributed by atoms with Crippen LogP contribution in [0.2, 0.25) is 0 Å². The number of imidazole rings is 1. The molecular formula is C19H32N6O6. The Balaban J connectivity index is 2.69. The Morgan fingerprint density at radius 1 is 1.06 bits per heavy atom. The molecule has 0 fully saturated rings. The van der Waals surface area contributed by atoms with E-state index in [9.17, 15) is 29.4 Å². The Kier molecular flexibility index (Phi) is 10.1. The van der Waals surface area contributed by atoms with Gasteiger partial charge in [0, 0.05) is 18.3 Å². The number of hydrogen-bond donors (Lipinski definition) is 7. The van der Waals surface area contributed by atoms with Crippen molar-refractivity contribution in [2.75, 3.05) is 0 Å². The maximum atomic E-state index is 12.5. The van der Waals surface area contributed by atoms with E-state index < -0.39 is 54.0 Å². The first-order valence-electron chi connectivity index (χ1n) is 9.97. The van der Waals surface area contributed by atoms with Crippen LogP contribution in [0.1, 0.15) is 39.8 Å². The molecule has 5 atom stereocenters. The van der Waals surface area contributed by atoms with E-state index in [1.807, 2.05) is 13.8 Å². The van der Waals surface area contributed by atoms with Gasteiger partial charge in [-0.3, -0.25) is 14.4 Å². The molecule has 0 saturated carbocycles. The van der Waals surface area contributed by atoms with Crippen LogP contribution in [-0.2, 0) is 25.6 Å². The van der Waals surface area contributed by atoms with E-state index >= 15 is 0 Å².